The number of halogens is 3. The number of para-hydroxylation sites is 1. The van der Waals surface area contributed by atoms with E-state index in [1.807, 2.05) is 31.2 Å². The van der Waals surface area contributed by atoms with Crippen molar-refractivity contribution in [3.05, 3.63) is 64.9 Å². The molecule has 3 aromatic rings. The van der Waals surface area contributed by atoms with Crippen molar-refractivity contribution in [1.82, 2.24) is 14.8 Å². The quantitative estimate of drug-likeness (QED) is 0.358. The summed E-state index contributed by atoms with van der Waals surface area (Å²) < 4.78 is 46.7. The Morgan fingerprint density at radius 3 is 2.54 bits per heavy atom. The highest BCUT2D eigenvalue weighted by molar-refractivity contribution is 5.85. The van der Waals surface area contributed by atoms with E-state index in [1.54, 1.807) is 4.90 Å². The third-order valence-electron chi connectivity index (χ3n) is 7.87. The number of nitrogens with one attached hydrogen (secondary N) is 2. The van der Waals surface area contributed by atoms with Gasteiger partial charge in [0.15, 0.2) is 0 Å². The van der Waals surface area contributed by atoms with Gasteiger partial charge < -0.3 is 15.4 Å². The molecule has 2 aromatic carbocycles. The lowest BCUT2D eigenvalue weighted by Gasteiger charge is -2.43. The standard InChI is InChI=1S/C29H37F3N4O/c1-4-5-10-35-14-20(15-35)33-19-12-23(30)26(24(31)13-19)28-27-22(21-8-6-7-9-25(21)34-27)11-18(2)36(28)16-29(3,32)17-37/h6-9,12-13,18,20,28,33-34,37H,4-5,10-11,14-17H2,1-3H3. The number of fused-ring (bicyclic) bond motifs is 3. The third kappa shape index (κ3) is 5.11. The zero-order valence-corrected chi connectivity index (χ0v) is 21.8. The molecule has 8 heteroatoms. The van der Waals surface area contributed by atoms with Crippen LogP contribution in [0.25, 0.3) is 10.9 Å². The van der Waals surface area contributed by atoms with Crippen LogP contribution in [0.1, 0.15) is 56.5 Å². The Morgan fingerprint density at radius 1 is 1.16 bits per heavy atom. The molecule has 1 fully saturated rings. The molecule has 5 rings (SSSR count). The highest BCUT2D eigenvalue weighted by Crippen LogP contribution is 2.43. The minimum absolute atomic E-state index is 0.100. The lowest BCUT2D eigenvalue weighted by atomic mass is 9.87. The molecule has 5 nitrogen and oxygen atoms in total. The number of hydrogen-bond donors (Lipinski definition) is 3. The van der Waals surface area contributed by atoms with Gasteiger partial charge >= 0.3 is 0 Å². The molecule has 0 saturated carbocycles. The minimum Gasteiger partial charge on any atom is -0.393 e. The number of aliphatic hydroxyl groups is 1. The second kappa shape index (κ2) is 10.3. The summed E-state index contributed by atoms with van der Waals surface area (Å²) in [6.07, 6.45) is 2.89. The first kappa shape index (κ1) is 26.1. The number of alkyl halides is 1. The molecule has 1 aromatic heterocycles. The van der Waals surface area contributed by atoms with Crippen molar-refractivity contribution in [2.45, 2.75) is 63.8 Å². The molecular formula is C29H37F3N4O. The zero-order valence-electron chi connectivity index (χ0n) is 21.8. The van der Waals surface area contributed by atoms with Crippen LogP contribution >= 0.6 is 0 Å². The third-order valence-corrected chi connectivity index (χ3v) is 7.87. The van der Waals surface area contributed by atoms with E-state index in [4.69, 9.17) is 0 Å². The molecule has 0 bridgehead atoms. The Bertz CT molecular complexity index is 1230. The van der Waals surface area contributed by atoms with Crippen molar-refractivity contribution in [1.29, 1.82) is 0 Å². The van der Waals surface area contributed by atoms with Crippen LogP contribution in [0, 0.1) is 11.6 Å². The van der Waals surface area contributed by atoms with Crippen LogP contribution in [0.2, 0.25) is 0 Å². The molecule has 200 valence electrons. The van der Waals surface area contributed by atoms with Crippen LogP contribution < -0.4 is 5.32 Å². The van der Waals surface area contributed by atoms with Gasteiger partial charge in [-0.2, -0.15) is 0 Å². The van der Waals surface area contributed by atoms with Crippen LogP contribution in [0.3, 0.4) is 0 Å². The normalized spacial score (nSPS) is 22.6. The Labute approximate surface area is 216 Å². The number of aromatic amines is 1. The van der Waals surface area contributed by atoms with Gasteiger partial charge in [0.2, 0.25) is 0 Å². The molecule has 3 heterocycles. The first-order valence-electron chi connectivity index (χ1n) is 13.3. The maximum Gasteiger partial charge on any atom is 0.143 e. The fraction of sp³-hybridized carbons (Fsp3) is 0.517. The van der Waals surface area contributed by atoms with Crippen molar-refractivity contribution in [3.63, 3.8) is 0 Å². The fourth-order valence-corrected chi connectivity index (χ4v) is 5.89. The minimum atomic E-state index is -1.92. The number of aromatic nitrogens is 1. The SMILES string of the molecule is CCCCN1CC(Nc2cc(F)c(C3c4[nH]c5ccccc5c4CC(C)N3CC(C)(F)CO)c(F)c2)C1. The molecule has 0 spiro atoms. The first-order valence-corrected chi connectivity index (χ1v) is 13.3. The topological polar surface area (TPSA) is 54.5 Å². The van der Waals surface area contributed by atoms with Crippen molar-refractivity contribution in [2.75, 3.05) is 38.1 Å². The number of nitrogens with zero attached hydrogens (tertiary/aromatic N) is 2. The van der Waals surface area contributed by atoms with Gasteiger partial charge in [-0.05, 0) is 57.0 Å². The van der Waals surface area contributed by atoms with Crippen LogP contribution in [-0.4, -0.2) is 70.4 Å². The van der Waals surface area contributed by atoms with Crippen LogP contribution in [0.4, 0.5) is 18.9 Å². The van der Waals surface area contributed by atoms with E-state index >= 15 is 13.2 Å². The van der Waals surface area contributed by atoms with E-state index in [-0.39, 0.29) is 24.2 Å². The molecule has 3 N–H and O–H groups in total. The van der Waals surface area contributed by atoms with E-state index < -0.39 is 30.0 Å². The van der Waals surface area contributed by atoms with Crippen molar-refractivity contribution in [3.8, 4) is 0 Å². The number of anilines is 1. The number of rotatable bonds is 9. The molecule has 0 amide bonds. The lowest BCUT2D eigenvalue weighted by molar-refractivity contribution is 0.0162. The molecule has 3 atom stereocenters. The molecule has 2 aliphatic heterocycles. The molecule has 1 saturated heterocycles. The van der Waals surface area contributed by atoms with Gasteiger partial charge in [-0.25, -0.2) is 13.2 Å². The maximum absolute atomic E-state index is 15.8. The van der Waals surface area contributed by atoms with Crippen molar-refractivity contribution < 1.29 is 18.3 Å². The highest BCUT2D eigenvalue weighted by atomic mass is 19.1. The second-order valence-corrected chi connectivity index (χ2v) is 11.1. The van der Waals surface area contributed by atoms with E-state index in [1.165, 1.54) is 19.1 Å². The predicted octanol–water partition coefficient (Wildman–Crippen LogP) is 5.40. The summed E-state index contributed by atoms with van der Waals surface area (Å²) in [5, 5.41) is 13.9. The molecular weight excluding hydrogens is 477 g/mol. The molecule has 0 aliphatic carbocycles. The van der Waals surface area contributed by atoms with Gasteiger partial charge in [-0.1, -0.05) is 31.5 Å². The molecule has 37 heavy (non-hydrogen) atoms. The highest BCUT2D eigenvalue weighted by Gasteiger charge is 2.42. The first-order chi connectivity index (χ1) is 17.7. The molecule has 3 unspecified atom stereocenters. The van der Waals surface area contributed by atoms with Gasteiger partial charge in [0.25, 0.3) is 0 Å². The summed E-state index contributed by atoms with van der Waals surface area (Å²) in [5.41, 5.74) is 0.953. The molecule has 0 radical (unpaired) electrons. The molecule has 2 aliphatic rings. The van der Waals surface area contributed by atoms with Gasteiger partial charge in [-0.3, -0.25) is 9.80 Å². The summed E-state index contributed by atoms with van der Waals surface area (Å²) >= 11 is 0. The largest absolute Gasteiger partial charge is 0.393 e. The maximum atomic E-state index is 15.8. The number of H-pyrrole nitrogens is 1. The number of aliphatic hydroxyl groups excluding tert-OH is 1. The summed E-state index contributed by atoms with van der Waals surface area (Å²) in [5.74, 6) is -1.33. The van der Waals surface area contributed by atoms with E-state index in [0.717, 1.165) is 48.9 Å². The summed E-state index contributed by atoms with van der Waals surface area (Å²) in [6.45, 7) is 7.35. The van der Waals surface area contributed by atoms with Gasteiger partial charge in [0.1, 0.15) is 17.3 Å². The summed E-state index contributed by atoms with van der Waals surface area (Å²) in [6, 6.07) is 9.61. The van der Waals surface area contributed by atoms with E-state index in [0.29, 0.717) is 17.8 Å². The Hall–Kier alpha value is -2.55. The van der Waals surface area contributed by atoms with Gasteiger partial charge in [0.05, 0.1) is 18.7 Å². The van der Waals surface area contributed by atoms with Crippen LogP contribution in [0.5, 0.6) is 0 Å². The average Bonchev–Trinajstić information content (AvgIpc) is 3.19. The fourth-order valence-electron chi connectivity index (χ4n) is 5.89. The Morgan fingerprint density at radius 2 is 1.86 bits per heavy atom. The van der Waals surface area contributed by atoms with Crippen molar-refractivity contribution >= 4 is 16.6 Å². The zero-order chi connectivity index (χ0) is 26.3. The number of hydrogen-bond acceptors (Lipinski definition) is 4. The summed E-state index contributed by atoms with van der Waals surface area (Å²) in [7, 11) is 0. The van der Waals surface area contributed by atoms with Gasteiger partial charge in [-0.15, -0.1) is 0 Å². The predicted molar refractivity (Wildman–Crippen MR) is 142 cm³/mol. The summed E-state index contributed by atoms with van der Waals surface area (Å²) in [4.78, 5) is 7.49. The van der Waals surface area contributed by atoms with Crippen molar-refractivity contribution in [2.24, 2.45) is 0 Å². The van der Waals surface area contributed by atoms with Gasteiger partial charge in [0, 0.05) is 53.5 Å². The second-order valence-electron chi connectivity index (χ2n) is 11.1. The Balaban J connectivity index is 1.50. The van der Waals surface area contributed by atoms with Crippen LogP contribution in [-0.2, 0) is 6.42 Å². The smallest absolute Gasteiger partial charge is 0.143 e. The Kier molecular flexibility index (Phi) is 7.27. The number of likely N-dealkylation sites (tertiary alicyclic amines) is 1. The van der Waals surface area contributed by atoms with Crippen LogP contribution in [0.15, 0.2) is 36.4 Å². The van der Waals surface area contributed by atoms with E-state index in [9.17, 15) is 5.11 Å². The number of unbranched alkanes of at least 4 members (excludes halogenated alkanes) is 1. The average molecular weight is 515 g/mol. The van der Waals surface area contributed by atoms with E-state index in [2.05, 4.69) is 22.1 Å². The lowest BCUT2D eigenvalue weighted by Crippen LogP contribution is -2.54. The number of benzene rings is 2. The monoisotopic (exact) mass is 514 g/mol.